The Morgan fingerprint density at radius 1 is 0.316 bits per heavy atom. The fourth-order valence-electron chi connectivity index (χ4n) is 2.35. The number of nitrogens with zero attached hydrogens (tertiary/aromatic N) is 4. The van der Waals surface area contributed by atoms with E-state index >= 15 is 0 Å². The van der Waals surface area contributed by atoms with Crippen molar-refractivity contribution in [3.05, 3.63) is 150 Å². The number of thioether (sulfide) groups is 4. The second kappa shape index (κ2) is 19.1. The molecular weight excluding hydrogens is 545 g/mol. The van der Waals surface area contributed by atoms with E-state index in [1.54, 1.807) is 0 Å². The molecule has 8 heteroatoms. The van der Waals surface area contributed by atoms with E-state index in [-0.39, 0.29) is 0 Å². The number of hydrogen-bond donors (Lipinski definition) is 0. The van der Waals surface area contributed by atoms with Crippen LogP contribution in [0.2, 0.25) is 0 Å². The van der Waals surface area contributed by atoms with Gasteiger partial charge in [-0.3, -0.25) is 0 Å². The van der Waals surface area contributed by atoms with Crippen molar-refractivity contribution in [1.29, 1.82) is 21.0 Å². The molecule has 0 spiro atoms. The maximum atomic E-state index is 8.97. The summed E-state index contributed by atoms with van der Waals surface area (Å²) in [7, 11) is 0. The van der Waals surface area contributed by atoms with Crippen LogP contribution < -0.4 is 0 Å². The van der Waals surface area contributed by atoms with Gasteiger partial charge in [0, 0.05) is 0 Å². The first-order valence-electron chi connectivity index (χ1n) is 10.9. The minimum Gasteiger partial charge on any atom is -0.192 e. The van der Waals surface area contributed by atoms with Crippen molar-refractivity contribution in [2.75, 3.05) is 0 Å². The van der Waals surface area contributed by atoms with Gasteiger partial charge in [-0.1, -0.05) is 156 Å². The van der Waals surface area contributed by atoms with Crippen molar-refractivity contribution in [1.82, 2.24) is 0 Å². The number of rotatable bonds is 10. The van der Waals surface area contributed by atoms with E-state index in [0.717, 1.165) is 8.47 Å². The van der Waals surface area contributed by atoms with Gasteiger partial charge in [-0.2, -0.15) is 21.0 Å². The molecule has 0 saturated heterocycles. The summed E-state index contributed by atoms with van der Waals surface area (Å²) in [5.41, 5.74) is 0. The van der Waals surface area contributed by atoms with E-state index in [2.05, 4.69) is 0 Å². The highest BCUT2D eigenvalue weighted by atomic mass is 32.2. The lowest BCUT2D eigenvalue weighted by atomic mass is 10.3. The highest BCUT2D eigenvalue weighted by Gasteiger charge is 2.20. The quantitative estimate of drug-likeness (QED) is 0.242. The maximum absolute atomic E-state index is 8.97. The van der Waals surface area contributed by atoms with Crippen molar-refractivity contribution < 1.29 is 0 Å². The van der Waals surface area contributed by atoms with Crippen molar-refractivity contribution in [2.24, 2.45) is 0 Å². The Kier molecular flexibility index (Phi) is 15.2. The third-order valence-electron chi connectivity index (χ3n) is 3.98. The molecule has 0 N–H and O–H groups in total. The van der Waals surface area contributed by atoms with Gasteiger partial charge in [-0.15, -0.1) is 0 Å². The predicted molar refractivity (Wildman–Crippen MR) is 165 cm³/mol. The van der Waals surface area contributed by atoms with Crippen molar-refractivity contribution in [3.8, 4) is 24.3 Å². The summed E-state index contributed by atoms with van der Waals surface area (Å²) in [6.45, 7) is 0. The number of hydrogen-bond acceptors (Lipinski definition) is 8. The minimum atomic E-state index is 0.459. The van der Waals surface area contributed by atoms with Gasteiger partial charge in [0.2, 0.25) is 0 Å². The third-order valence-corrected chi connectivity index (χ3v) is 8.59. The molecule has 2 aliphatic heterocycles. The summed E-state index contributed by atoms with van der Waals surface area (Å²) in [6, 6.07) is 8.17. The third kappa shape index (κ3) is 11.8. The van der Waals surface area contributed by atoms with E-state index in [0.29, 0.717) is 19.6 Å². The van der Waals surface area contributed by atoms with Crippen molar-refractivity contribution in [2.45, 2.75) is 0 Å². The zero-order valence-corrected chi connectivity index (χ0v) is 23.2. The lowest BCUT2D eigenvalue weighted by Gasteiger charge is -1.88. The van der Waals surface area contributed by atoms with E-state index in [1.165, 1.54) is 47.0 Å². The van der Waals surface area contributed by atoms with Crippen LogP contribution in [0.1, 0.15) is 0 Å². The Morgan fingerprint density at radius 3 is 0.684 bits per heavy atom. The summed E-state index contributed by atoms with van der Waals surface area (Å²) in [5, 5.41) is 35.9. The van der Waals surface area contributed by atoms with Crippen LogP contribution in [0.15, 0.2) is 150 Å². The molecule has 0 atom stereocenters. The summed E-state index contributed by atoms with van der Waals surface area (Å²) in [4.78, 5) is 1.84. The lowest BCUT2D eigenvalue weighted by molar-refractivity contribution is 1.50. The van der Waals surface area contributed by atoms with Crippen molar-refractivity contribution in [3.63, 3.8) is 0 Å². The Morgan fingerprint density at radius 2 is 0.500 bits per heavy atom. The van der Waals surface area contributed by atoms with Crippen LogP contribution >= 0.6 is 47.0 Å². The molecule has 2 rings (SSSR count). The molecule has 0 radical (unpaired) electrons. The van der Waals surface area contributed by atoms with Gasteiger partial charge >= 0.3 is 0 Å². The molecule has 4 nitrogen and oxygen atoms in total. The minimum absolute atomic E-state index is 0.459. The molecule has 0 unspecified atom stereocenters. The van der Waals surface area contributed by atoms with Gasteiger partial charge in [-0.05, 0) is 12.2 Å². The second-order valence-corrected chi connectivity index (χ2v) is 11.3. The van der Waals surface area contributed by atoms with Crippen molar-refractivity contribution >= 4 is 47.0 Å². The molecule has 0 fully saturated rings. The average molecular weight is 565 g/mol. The Labute approximate surface area is 240 Å². The van der Waals surface area contributed by atoms with Crippen LogP contribution in [0.5, 0.6) is 0 Å². The molecule has 38 heavy (non-hydrogen) atoms. The topological polar surface area (TPSA) is 95.2 Å². The SMILES string of the molecule is N#CC1=C(C#N)SC(=C/C=C/C=C/C=C/C=C/C=C/C=C/C=C/C=C/C=C/C=C2SC(C#N)=C(C#N)S2)S1. The van der Waals surface area contributed by atoms with Crippen LogP contribution in [0.25, 0.3) is 0 Å². The van der Waals surface area contributed by atoms with Gasteiger partial charge in [-0.25, -0.2) is 0 Å². The van der Waals surface area contributed by atoms with Crippen LogP contribution in [-0.2, 0) is 0 Å². The standard InChI is InChI=1S/C30H20N4S4/c31-21-25-26(22-32)36-29(35-25)19-17-15-13-11-9-7-5-3-1-2-4-6-8-10-12-14-16-18-20-30-37-27(23-33)28(24-34)38-30/h1-20H/b2-1+,5-3+,6-4+,9-7+,10-8+,13-11+,14-12+,17-15+,18-16+. The molecular formula is C30H20N4S4. The van der Waals surface area contributed by atoms with Gasteiger partial charge in [0.1, 0.15) is 43.9 Å². The largest absolute Gasteiger partial charge is 0.192 e. The van der Waals surface area contributed by atoms with E-state index in [1.807, 2.05) is 146 Å². The predicted octanol–water partition coefficient (Wildman–Crippen LogP) is 9.15. The fourth-order valence-corrected chi connectivity index (χ4v) is 6.31. The van der Waals surface area contributed by atoms with Gasteiger partial charge in [0.15, 0.2) is 0 Å². The monoisotopic (exact) mass is 564 g/mol. The summed E-state index contributed by atoms with van der Waals surface area (Å²) in [6.07, 6.45) is 38.3. The number of nitriles is 4. The van der Waals surface area contributed by atoms with Crippen LogP contribution in [0, 0.1) is 45.3 Å². The molecule has 2 heterocycles. The molecule has 0 amide bonds. The zero-order valence-electron chi connectivity index (χ0n) is 20.0. The zero-order chi connectivity index (χ0) is 27.3. The maximum Gasteiger partial charge on any atom is 0.115 e. The first kappa shape index (κ1) is 30.2. The van der Waals surface area contributed by atoms with Crippen LogP contribution in [0.3, 0.4) is 0 Å². The molecule has 0 aromatic heterocycles. The number of allylic oxidation sites excluding steroid dienone is 24. The highest BCUT2D eigenvalue weighted by Crippen LogP contribution is 2.49. The normalized spacial score (nSPS) is 16.7. The molecule has 184 valence electrons. The van der Waals surface area contributed by atoms with Gasteiger partial charge in [0.25, 0.3) is 0 Å². The first-order chi connectivity index (χ1) is 18.7. The average Bonchev–Trinajstić information content (AvgIpc) is 3.54. The van der Waals surface area contributed by atoms with Crippen LogP contribution in [0.4, 0.5) is 0 Å². The van der Waals surface area contributed by atoms with E-state index < -0.39 is 0 Å². The molecule has 0 bridgehead atoms. The Hall–Kier alpha value is -4.02. The molecule has 0 aromatic carbocycles. The molecule has 0 aliphatic carbocycles. The van der Waals surface area contributed by atoms with Gasteiger partial charge in [0.05, 0.1) is 8.47 Å². The summed E-state index contributed by atoms with van der Waals surface area (Å²) < 4.78 is 1.83. The van der Waals surface area contributed by atoms with E-state index in [9.17, 15) is 0 Å². The molecule has 2 aliphatic rings. The van der Waals surface area contributed by atoms with E-state index in [4.69, 9.17) is 21.0 Å². The smallest absolute Gasteiger partial charge is 0.115 e. The lowest BCUT2D eigenvalue weighted by Crippen LogP contribution is -1.66. The molecule has 0 aromatic rings. The highest BCUT2D eigenvalue weighted by molar-refractivity contribution is 8.29. The van der Waals surface area contributed by atoms with Crippen LogP contribution in [-0.4, -0.2) is 0 Å². The second-order valence-electron chi connectivity index (χ2n) is 6.61. The Bertz CT molecular complexity index is 1280. The first-order valence-corrected chi connectivity index (χ1v) is 14.2. The van der Waals surface area contributed by atoms with Gasteiger partial charge < -0.3 is 0 Å². The summed E-state index contributed by atoms with van der Waals surface area (Å²) >= 11 is 5.29. The summed E-state index contributed by atoms with van der Waals surface area (Å²) in [5.74, 6) is 0. The molecule has 0 saturated carbocycles. The Balaban J connectivity index is 1.60. The fraction of sp³-hybridized carbons (Fsp3) is 0.